The molecule has 2 saturated heterocycles. The predicted octanol–water partition coefficient (Wildman–Crippen LogP) is 0.969. The van der Waals surface area contributed by atoms with Gasteiger partial charge in [0.05, 0.1) is 31.2 Å². The number of ether oxygens (including phenoxy) is 1. The van der Waals surface area contributed by atoms with Crippen LogP contribution >= 0.6 is 11.3 Å². The maximum Gasteiger partial charge on any atom is 0.278 e. The van der Waals surface area contributed by atoms with Gasteiger partial charge in [-0.3, -0.25) is 20.0 Å². The van der Waals surface area contributed by atoms with Gasteiger partial charge in [-0.1, -0.05) is 12.1 Å². The number of hydrogen-bond donors (Lipinski definition) is 1. The van der Waals surface area contributed by atoms with Gasteiger partial charge in [0.2, 0.25) is 0 Å². The minimum Gasteiger partial charge on any atom is -0.378 e. The molecule has 0 radical (unpaired) electrons. The molecule has 34 heavy (non-hydrogen) atoms. The molecule has 2 aliphatic heterocycles. The third kappa shape index (κ3) is 6.60. The highest BCUT2D eigenvalue weighted by Crippen LogP contribution is 2.21. The van der Waals surface area contributed by atoms with Gasteiger partial charge in [0.25, 0.3) is 5.91 Å². The number of thiazole rings is 1. The van der Waals surface area contributed by atoms with Crippen LogP contribution in [-0.4, -0.2) is 106 Å². The smallest absolute Gasteiger partial charge is 0.278 e. The number of sulfone groups is 1. The molecule has 2 fully saturated rings. The van der Waals surface area contributed by atoms with Gasteiger partial charge in [-0.25, -0.2) is 13.4 Å². The van der Waals surface area contributed by atoms with Crippen LogP contribution in [0.1, 0.15) is 10.4 Å². The lowest BCUT2D eigenvalue weighted by Crippen LogP contribution is -2.43. The molecule has 3 heterocycles. The minimum absolute atomic E-state index is 0.191. The number of anilines is 1. The third-order valence-electron chi connectivity index (χ3n) is 5.75. The lowest BCUT2D eigenvalue weighted by molar-refractivity contribution is -0.110. The van der Waals surface area contributed by atoms with Crippen LogP contribution in [0.15, 0.2) is 40.5 Å². The van der Waals surface area contributed by atoms with Crippen LogP contribution in [0.5, 0.6) is 0 Å². The number of amides is 1. The van der Waals surface area contributed by atoms with Crippen LogP contribution in [0.3, 0.4) is 0 Å². The van der Waals surface area contributed by atoms with E-state index in [4.69, 9.17) is 4.74 Å². The molecule has 1 amide bonds. The van der Waals surface area contributed by atoms with Gasteiger partial charge < -0.3 is 9.64 Å². The van der Waals surface area contributed by atoms with E-state index < -0.39 is 9.84 Å². The van der Waals surface area contributed by atoms with Gasteiger partial charge >= 0.3 is 0 Å². The first-order valence-corrected chi connectivity index (χ1v) is 13.9. The maximum atomic E-state index is 13.2. The normalized spacial score (nSPS) is 18.8. The summed E-state index contributed by atoms with van der Waals surface area (Å²) in [4.78, 5) is 23.6. The Labute approximate surface area is 204 Å². The molecule has 184 valence electrons. The second-order valence-electron chi connectivity index (χ2n) is 8.48. The molecule has 2 aliphatic rings. The molecule has 4 rings (SSSR count). The summed E-state index contributed by atoms with van der Waals surface area (Å²) in [5.41, 5.74) is 0.739. The summed E-state index contributed by atoms with van der Waals surface area (Å²) in [6.45, 7) is 7.13. The lowest BCUT2D eigenvalue weighted by Gasteiger charge is -2.31. The largest absolute Gasteiger partial charge is 0.378 e. The van der Waals surface area contributed by atoms with Crippen molar-refractivity contribution in [2.45, 2.75) is 11.4 Å². The number of hydrazone groups is 1. The van der Waals surface area contributed by atoms with Crippen LogP contribution in [0.25, 0.3) is 0 Å². The van der Waals surface area contributed by atoms with Gasteiger partial charge in [0.15, 0.2) is 20.7 Å². The van der Waals surface area contributed by atoms with E-state index >= 15 is 0 Å². The molecule has 0 atom stereocenters. The molecule has 1 aromatic heterocycles. The number of nitrogens with zero attached hydrogens (tertiary/aromatic N) is 5. The van der Waals surface area contributed by atoms with Gasteiger partial charge in [-0.05, 0) is 19.2 Å². The van der Waals surface area contributed by atoms with Crippen molar-refractivity contribution >= 4 is 37.9 Å². The fraction of sp³-hybridized carbons (Fsp3) is 0.500. The highest BCUT2D eigenvalue weighted by molar-refractivity contribution is 7.90. The summed E-state index contributed by atoms with van der Waals surface area (Å²) < 4.78 is 29.0. The highest BCUT2D eigenvalue weighted by Gasteiger charge is 2.21. The first-order chi connectivity index (χ1) is 16.3. The fourth-order valence-corrected chi connectivity index (χ4v) is 5.19. The van der Waals surface area contributed by atoms with Crippen molar-refractivity contribution < 1.29 is 17.9 Å². The van der Waals surface area contributed by atoms with E-state index in [0.29, 0.717) is 37.0 Å². The molecule has 0 saturated carbocycles. The van der Waals surface area contributed by atoms with Crippen LogP contribution in [-0.2, 0) is 25.9 Å². The zero-order chi connectivity index (χ0) is 24.1. The van der Waals surface area contributed by atoms with Crippen molar-refractivity contribution in [1.29, 1.82) is 0 Å². The van der Waals surface area contributed by atoms with Crippen LogP contribution in [0.2, 0.25) is 0 Å². The SMILES string of the molecule is CN1CCN(Cc2cnc(NC(=O)/C(=N\N3CCOCC3)c3ccc(S(C)(=O)=O)cc3)s2)CC1. The molecule has 0 unspecified atom stereocenters. The Morgan fingerprint density at radius 1 is 1.12 bits per heavy atom. The molecule has 1 aromatic carbocycles. The molecule has 0 aliphatic carbocycles. The number of carbonyl (C=O) groups is 1. The fourth-order valence-electron chi connectivity index (χ4n) is 3.71. The van der Waals surface area contributed by atoms with Crippen molar-refractivity contribution in [3.63, 3.8) is 0 Å². The molecule has 2 aromatic rings. The Balaban J connectivity index is 1.49. The van der Waals surface area contributed by atoms with Crippen molar-refractivity contribution in [3.05, 3.63) is 40.9 Å². The quantitative estimate of drug-likeness (QED) is 0.554. The van der Waals surface area contributed by atoms with E-state index in [1.165, 1.54) is 23.5 Å². The number of hydrogen-bond acceptors (Lipinski definition) is 10. The molecule has 0 spiro atoms. The Kier molecular flexibility index (Phi) is 7.94. The van der Waals surface area contributed by atoms with Gasteiger partial charge in [-0.15, -0.1) is 11.3 Å². The second kappa shape index (κ2) is 10.9. The van der Waals surface area contributed by atoms with Crippen molar-refractivity contribution in [1.82, 2.24) is 19.8 Å². The Hall–Kier alpha value is -2.38. The first kappa shape index (κ1) is 24.7. The average molecular weight is 507 g/mol. The second-order valence-corrected chi connectivity index (χ2v) is 11.6. The number of benzene rings is 1. The average Bonchev–Trinajstić information content (AvgIpc) is 3.25. The molecule has 12 heteroatoms. The topological polar surface area (TPSA) is 107 Å². The summed E-state index contributed by atoms with van der Waals surface area (Å²) in [6, 6.07) is 6.19. The molecular weight excluding hydrogens is 476 g/mol. The Morgan fingerprint density at radius 2 is 1.79 bits per heavy atom. The zero-order valence-corrected chi connectivity index (χ0v) is 21.1. The molecule has 1 N–H and O–H groups in total. The van der Waals surface area contributed by atoms with Crippen molar-refractivity contribution in [3.8, 4) is 0 Å². The number of rotatable bonds is 7. The monoisotopic (exact) mass is 506 g/mol. The van der Waals surface area contributed by atoms with Crippen LogP contribution < -0.4 is 5.32 Å². The first-order valence-electron chi connectivity index (χ1n) is 11.2. The Morgan fingerprint density at radius 3 is 2.44 bits per heavy atom. The Bertz CT molecular complexity index is 1120. The number of morpholine rings is 1. The predicted molar refractivity (Wildman–Crippen MR) is 132 cm³/mol. The van der Waals surface area contributed by atoms with Gasteiger partial charge in [-0.2, -0.15) is 5.10 Å². The van der Waals surface area contributed by atoms with E-state index in [0.717, 1.165) is 43.9 Å². The van der Waals surface area contributed by atoms with Gasteiger partial charge in [0, 0.05) is 55.6 Å². The van der Waals surface area contributed by atoms with E-state index in [1.54, 1.807) is 23.3 Å². The maximum absolute atomic E-state index is 13.2. The summed E-state index contributed by atoms with van der Waals surface area (Å²) in [6.07, 6.45) is 2.96. The highest BCUT2D eigenvalue weighted by atomic mass is 32.2. The number of nitrogens with one attached hydrogen (secondary N) is 1. The van der Waals surface area contributed by atoms with Crippen LogP contribution in [0, 0.1) is 0 Å². The summed E-state index contributed by atoms with van der Waals surface area (Å²) in [7, 11) is -1.21. The summed E-state index contributed by atoms with van der Waals surface area (Å²) in [5.74, 6) is -0.390. The van der Waals surface area contributed by atoms with Crippen LogP contribution in [0.4, 0.5) is 5.13 Å². The van der Waals surface area contributed by atoms with Crippen molar-refractivity contribution in [2.24, 2.45) is 5.10 Å². The lowest BCUT2D eigenvalue weighted by atomic mass is 10.1. The summed E-state index contributed by atoms with van der Waals surface area (Å²) >= 11 is 1.45. The van der Waals surface area contributed by atoms with E-state index in [-0.39, 0.29) is 16.5 Å². The minimum atomic E-state index is -3.34. The van der Waals surface area contributed by atoms with E-state index in [2.05, 4.69) is 32.2 Å². The number of aromatic nitrogens is 1. The zero-order valence-electron chi connectivity index (χ0n) is 19.4. The number of likely N-dealkylation sites (N-methyl/N-ethyl adjacent to an activating group) is 1. The molecule has 10 nitrogen and oxygen atoms in total. The van der Waals surface area contributed by atoms with Gasteiger partial charge in [0.1, 0.15) is 0 Å². The number of carbonyl (C=O) groups excluding carboxylic acids is 1. The standard InChI is InChI=1S/C22H30N6O4S2/c1-26-7-9-27(10-8-26)16-18-15-23-22(33-18)24-21(29)20(25-28-11-13-32-14-12-28)17-3-5-19(6-4-17)34(2,30)31/h3-6,15H,7-14,16H2,1-2H3,(H,23,24,29)/b25-20-. The van der Waals surface area contributed by atoms with Crippen molar-refractivity contribution in [2.75, 3.05) is 71.1 Å². The van der Waals surface area contributed by atoms with E-state index in [9.17, 15) is 13.2 Å². The third-order valence-corrected chi connectivity index (χ3v) is 7.78. The molecular formula is C22H30N6O4S2. The number of piperazine rings is 1. The van der Waals surface area contributed by atoms with E-state index in [1.807, 2.05) is 0 Å². The molecule has 0 bridgehead atoms. The summed E-state index contributed by atoms with van der Waals surface area (Å²) in [5, 5.41) is 9.75.